The van der Waals surface area contributed by atoms with E-state index in [9.17, 15) is 0 Å². The zero-order valence-corrected chi connectivity index (χ0v) is 12.0. The van der Waals surface area contributed by atoms with Gasteiger partial charge in [-0.15, -0.1) is 11.3 Å². The van der Waals surface area contributed by atoms with Crippen LogP contribution in [-0.4, -0.2) is 11.6 Å². The predicted octanol–water partition coefficient (Wildman–Crippen LogP) is 4.46. The molecule has 0 saturated heterocycles. The van der Waals surface area contributed by atoms with E-state index in [0.29, 0.717) is 5.92 Å². The van der Waals surface area contributed by atoms with E-state index in [1.807, 2.05) is 17.5 Å². The Hall–Kier alpha value is -0.410. The van der Waals surface area contributed by atoms with Crippen molar-refractivity contribution >= 4 is 11.3 Å². The third-order valence-electron chi connectivity index (χ3n) is 3.56. The molecule has 0 N–H and O–H groups in total. The first kappa shape index (κ1) is 13.0. The fourth-order valence-corrected chi connectivity index (χ4v) is 3.70. The zero-order valence-electron chi connectivity index (χ0n) is 11.2. The summed E-state index contributed by atoms with van der Waals surface area (Å²) in [5.41, 5.74) is -0.0647. The average molecular weight is 253 g/mol. The average Bonchev–Trinajstić information content (AvgIpc) is 2.80. The maximum absolute atomic E-state index is 6.10. The summed E-state index contributed by atoms with van der Waals surface area (Å²) in [6.07, 6.45) is 8.22. The van der Waals surface area contributed by atoms with E-state index in [2.05, 4.69) is 25.8 Å². The molecule has 0 aromatic carbocycles. The summed E-state index contributed by atoms with van der Waals surface area (Å²) in [6.45, 7) is 7.33. The quantitative estimate of drug-likeness (QED) is 0.790. The highest BCUT2D eigenvalue weighted by molar-refractivity contribution is 7.11. The van der Waals surface area contributed by atoms with Gasteiger partial charge in [-0.05, 0) is 25.7 Å². The second-order valence-corrected chi connectivity index (χ2v) is 6.27. The Balaban J connectivity index is 2.24. The van der Waals surface area contributed by atoms with Crippen LogP contribution < -0.4 is 0 Å². The van der Waals surface area contributed by atoms with Gasteiger partial charge in [-0.3, -0.25) is 0 Å². The molecule has 0 radical (unpaired) electrons. The lowest BCUT2D eigenvalue weighted by molar-refractivity contribution is -0.0704. The zero-order chi connectivity index (χ0) is 12.3. The topological polar surface area (TPSA) is 22.1 Å². The maximum Gasteiger partial charge on any atom is 0.125 e. The van der Waals surface area contributed by atoms with Gasteiger partial charge in [0.05, 0.1) is 0 Å². The second kappa shape index (κ2) is 5.49. The monoisotopic (exact) mass is 253 g/mol. The first-order valence-electron chi connectivity index (χ1n) is 6.78. The SMILES string of the molecule is CCOC1(c2ncc(C(C)C)s2)CCCCC1. The van der Waals surface area contributed by atoms with Crippen LogP contribution in [0.4, 0.5) is 0 Å². The van der Waals surface area contributed by atoms with Crippen molar-refractivity contribution in [1.82, 2.24) is 4.98 Å². The predicted molar refractivity (Wildman–Crippen MR) is 72.6 cm³/mol. The van der Waals surface area contributed by atoms with E-state index < -0.39 is 0 Å². The van der Waals surface area contributed by atoms with E-state index >= 15 is 0 Å². The molecule has 1 saturated carbocycles. The molecular weight excluding hydrogens is 230 g/mol. The molecule has 2 rings (SSSR count). The van der Waals surface area contributed by atoms with Crippen LogP contribution in [0.5, 0.6) is 0 Å². The Morgan fingerprint density at radius 2 is 2.06 bits per heavy atom. The molecule has 1 aromatic heterocycles. The minimum atomic E-state index is -0.0647. The third-order valence-corrected chi connectivity index (χ3v) is 5.05. The van der Waals surface area contributed by atoms with Crippen molar-refractivity contribution in [1.29, 1.82) is 0 Å². The van der Waals surface area contributed by atoms with Crippen molar-refractivity contribution in [2.75, 3.05) is 6.61 Å². The van der Waals surface area contributed by atoms with Gasteiger partial charge < -0.3 is 4.74 Å². The minimum absolute atomic E-state index is 0.0647. The molecule has 0 unspecified atom stereocenters. The van der Waals surface area contributed by atoms with Crippen LogP contribution in [-0.2, 0) is 10.3 Å². The lowest BCUT2D eigenvalue weighted by atomic mass is 9.85. The third kappa shape index (κ3) is 2.71. The Morgan fingerprint density at radius 3 is 2.59 bits per heavy atom. The van der Waals surface area contributed by atoms with Crippen molar-refractivity contribution < 1.29 is 4.74 Å². The molecule has 0 atom stereocenters. The number of hydrogen-bond acceptors (Lipinski definition) is 3. The normalized spacial score (nSPS) is 19.8. The van der Waals surface area contributed by atoms with Gasteiger partial charge in [-0.2, -0.15) is 0 Å². The summed E-state index contributed by atoms with van der Waals surface area (Å²) in [4.78, 5) is 6.02. The summed E-state index contributed by atoms with van der Waals surface area (Å²) >= 11 is 1.85. The number of rotatable bonds is 4. The molecule has 0 spiro atoms. The minimum Gasteiger partial charge on any atom is -0.368 e. The molecule has 0 amide bonds. The molecule has 17 heavy (non-hydrogen) atoms. The van der Waals surface area contributed by atoms with Gasteiger partial charge in [0.15, 0.2) is 0 Å². The van der Waals surface area contributed by atoms with E-state index in [-0.39, 0.29) is 5.60 Å². The molecule has 2 nitrogen and oxygen atoms in total. The number of thiazole rings is 1. The summed E-state index contributed by atoms with van der Waals surface area (Å²) in [5, 5.41) is 1.21. The van der Waals surface area contributed by atoms with Crippen LogP contribution in [0.2, 0.25) is 0 Å². The number of aromatic nitrogens is 1. The van der Waals surface area contributed by atoms with Gasteiger partial charge in [0, 0.05) is 17.7 Å². The van der Waals surface area contributed by atoms with Crippen LogP contribution in [0, 0.1) is 0 Å². The number of ether oxygens (including phenoxy) is 1. The summed E-state index contributed by atoms with van der Waals surface area (Å²) in [6, 6.07) is 0. The Kier molecular flexibility index (Phi) is 4.21. The smallest absolute Gasteiger partial charge is 0.125 e. The van der Waals surface area contributed by atoms with Gasteiger partial charge in [0.1, 0.15) is 10.6 Å². The maximum atomic E-state index is 6.10. The van der Waals surface area contributed by atoms with Crippen LogP contribution in [0.15, 0.2) is 6.20 Å². The molecule has 1 heterocycles. The molecule has 1 aliphatic rings. The van der Waals surface area contributed by atoms with E-state index in [4.69, 9.17) is 4.74 Å². The summed E-state index contributed by atoms with van der Waals surface area (Å²) < 4.78 is 6.10. The van der Waals surface area contributed by atoms with Gasteiger partial charge in [0.2, 0.25) is 0 Å². The molecule has 1 fully saturated rings. The van der Waals surface area contributed by atoms with Gasteiger partial charge in [0.25, 0.3) is 0 Å². The van der Waals surface area contributed by atoms with Crippen LogP contribution >= 0.6 is 11.3 Å². The largest absolute Gasteiger partial charge is 0.368 e. The second-order valence-electron chi connectivity index (χ2n) is 5.21. The first-order chi connectivity index (χ1) is 8.18. The van der Waals surface area contributed by atoms with E-state index in [0.717, 1.165) is 19.4 Å². The highest BCUT2D eigenvalue weighted by Gasteiger charge is 2.37. The Bertz CT molecular complexity index is 347. The standard InChI is InChI=1S/C14H23NOS/c1-4-16-14(8-6-5-7-9-14)13-15-10-12(17-13)11(2)3/h10-11H,4-9H2,1-3H3. The van der Waals surface area contributed by atoms with Crippen LogP contribution in [0.3, 0.4) is 0 Å². The molecular formula is C14H23NOS. The lowest BCUT2D eigenvalue weighted by Gasteiger charge is -2.35. The molecule has 0 bridgehead atoms. The number of hydrogen-bond donors (Lipinski definition) is 0. The van der Waals surface area contributed by atoms with Gasteiger partial charge >= 0.3 is 0 Å². The summed E-state index contributed by atoms with van der Waals surface area (Å²) in [5.74, 6) is 0.573. The van der Waals surface area contributed by atoms with Gasteiger partial charge in [-0.1, -0.05) is 33.1 Å². The van der Waals surface area contributed by atoms with Crippen molar-refractivity contribution in [2.45, 2.75) is 64.4 Å². The van der Waals surface area contributed by atoms with E-state index in [1.165, 1.54) is 29.1 Å². The Labute approximate surface area is 108 Å². The molecule has 96 valence electrons. The lowest BCUT2D eigenvalue weighted by Crippen LogP contribution is -2.32. The van der Waals surface area contributed by atoms with Crippen molar-refractivity contribution in [2.24, 2.45) is 0 Å². The first-order valence-corrected chi connectivity index (χ1v) is 7.60. The fourth-order valence-electron chi connectivity index (χ4n) is 2.58. The molecule has 1 aromatic rings. The van der Waals surface area contributed by atoms with Crippen LogP contribution in [0.25, 0.3) is 0 Å². The van der Waals surface area contributed by atoms with E-state index in [1.54, 1.807) is 0 Å². The van der Waals surface area contributed by atoms with Gasteiger partial charge in [-0.25, -0.2) is 4.98 Å². The molecule has 1 aliphatic carbocycles. The number of nitrogens with zero attached hydrogens (tertiary/aromatic N) is 1. The molecule has 3 heteroatoms. The van der Waals surface area contributed by atoms with Crippen molar-refractivity contribution in [3.63, 3.8) is 0 Å². The fraction of sp³-hybridized carbons (Fsp3) is 0.786. The Morgan fingerprint density at radius 1 is 1.35 bits per heavy atom. The highest BCUT2D eigenvalue weighted by Crippen LogP contribution is 2.42. The van der Waals surface area contributed by atoms with Crippen LogP contribution in [0.1, 0.15) is 68.7 Å². The summed E-state index contributed by atoms with van der Waals surface area (Å²) in [7, 11) is 0. The highest BCUT2D eigenvalue weighted by atomic mass is 32.1. The van der Waals surface area contributed by atoms with Crippen molar-refractivity contribution in [3.8, 4) is 0 Å². The molecule has 0 aliphatic heterocycles. The van der Waals surface area contributed by atoms with Crippen molar-refractivity contribution in [3.05, 3.63) is 16.1 Å².